The van der Waals surface area contributed by atoms with Gasteiger partial charge in [0.2, 0.25) is 0 Å². The summed E-state index contributed by atoms with van der Waals surface area (Å²) in [6, 6.07) is 8.50. The highest BCUT2D eigenvalue weighted by Crippen LogP contribution is 2.15. The van der Waals surface area contributed by atoms with Crippen molar-refractivity contribution in [3.8, 4) is 6.07 Å². The molecule has 0 amide bonds. The van der Waals surface area contributed by atoms with Gasteiger partial charge >= 0.3 is 0 Å². The van der Waals surface area contributed by atoms with Crippen molar-refractivity contribution in [1.29, 1.82) is 5.26 Å². The number of nitriles is 1. The van der Waals surface area contributed by atoms with Gasteiger partial charge in [-0.25, -0.2) is 14.4 Å². The Morgan fingerprint density at radius 3 is 2.95 bits per heavy atom. The summed E-state index contributed by atoms with van der Waals surface area (Å²) in [5.41, 5.74) is 0.844. The summed E-state index contributed by atoms with van der Waals surface area (Å²) in [4.78, 5) is 4.14. The first-order valence-electron chi connectivity index (χ1n) is 6.57. The maximum Gasteiger partial charge on any atom is 0.141 e. The lowest BCUT2D eigenvalue weighted by atomic mass is 10.2. The van der Waals surface area contributed by atoms with Gasteiger partial charge in [0.1, 0.15) is 23.4 Å². The predicted molar refractivity (Wildman–Crippen MR) is 81.0 cm³/mol. The van der Waals surface area contributed by atoms with Crippen LogP contribution in [0.5, 0.6) is 0 Å². The van der Waals surface area contributed by atoms with E-state index < -0.39 is 0 Å². The van der Waals surface area contributed by atoms with Crippen molar-refractivity contribution < 1.29 is 4.39 Å². The van der Waals surface area contributed by atoms with Crippen LogP contribution in [0.4, 0.5) is 4.39 Å². The lowest BCUT2D eigenvalue weighted by Crippen LogP contribution is -2.18. The standard InChI is InChI=1S/C16H15FN4/c1-13-19-10-6-2-3-8-15(11-18)20-21(13)12-14-7-4-5-9-16(14)17/h2,4-7,9-10H,1,3,8,12H2/b6-2-,19-10-,20-15+. The molecule has 21 heavy (non-hydrogen) atoms. The van der Waals surface area contributed by atoms with Crippen LogP contribution in [0.25, 0.3) is 0 Å². The second-order valence-corrected chi connectivity index (χ2v) is 4.47. The predicted octanol–water partition coefficient (Wildman–Crippen LogP) is 3.40. The Hall–Kier alpha value is -2.74. The van der Waals surface area contributed by atoms with Crippen LogP contribution in [0.1, 0.15) is 18.4 Å². The number of nitrogens with zero attached hydrogens (tertiary/aromatic N) is 4. The van der Waals surface area contributed by atoms with E-state index in [1.165, 1.54) is 11.1 Å². The number of allylic oxidation sites excluding steroid dienone is 2. The zero-order valence-electron chi connectivity index (χ0n) is 11.5. The van der Waals surface area contributed by atoms with Gasteiger partial charge in [-0.15, -0.1) is 0 Å². The highest BCUT2D eigenvalue weighted by molar-refractivity contribution is 5.98. The highest BCUT2D eigenvalue weighted by atomic mass is 19.1. The zero-order valence-corrected chi connectivity index (χ0v) is 11.5. The van der Waals surface area contributed by atoms with E-state index in [9.17, 15) is 4.39 Å². The maximum absolute atomic E-state index is 13.8. The molecular formula is C16H15FN4. The van der Waals surface area contributed by atoms with Crippen molar-refractivity contribution in [2.24, 2.45) is 10.1 Å². The normalized spacial score (nSPS) is 21.0. The van der Waals surface area contributed by atoms with Crippen molar-refractivity contribution in [3.05, 3.63) is 60.2 Å². The number of hydrogen-bond donors (Lipinski definition) is 0. The number of hydrogen-bond acceptors (Lipinski definition) is 4. The summed E-state index contributed by atoms with van der Waals surface area (Å²) in [6.45, 7) is 4.00. The smallest absolute Gasteiger partial charge is 0.141 e. The molecular weight excluding hydrogens is 267 g/mol. The Morgan fingerprint density at radius 1 is 1.38 bits per heavy atom. The Bertz CT molecular complexity index is 652. The number of halogens is 1. The molecule has 1 aromatic carbocycles. The van der Waals surface area contributed by atoms with E-state index in [1.54, 1.807) is 30.5 Å². The lowest BCUT2D eigenvalue weighted by molar-refractivity contribution is 0.348. The molecule has 0 unspecified atom stereocenters. The summed E-state index contributed by atoms with van der Waals surface area (Å²) in [5.74, 6) is 0.0394. The summed E-state index contributed by atoms with van der Waals surface area (Å²) in [7, 11) is 0. The van der Waals surface area contributed by atoms with Crippen LogP contribution in [0.2, 0.25) is 0 Å². The monoisotopic (exact) mass is 282 g/mol. The van der Waals surface area contributed by atoms with E-state index >= 15 is 0 Å². The van der Waals surface area contributed by atoms with E-state index in [4.69, 9.17) is 5.26 Å². The first-order valence-corrected chi connectivity index (χ1v) is 6.57. The van der Waals surface area contributed by atoms with Gasteiger partial charge in [0.15, 0.2) is 0 Å². The van der Waals surface area contributed by atoms with E-state index in [1.807, 2.05) is 6.08 Å². The second-order valence-electron chi connectivity index (χ2n) is 4.47. The van der Waals surface area contributed by atoms with Crippen LogP contribution in [0.15, 0.2) is 58.9 Å². The van der Waals surface area contributed by atoms with Gasteiger partial charge < -0.3 is 0 Å². The average molecular weight is 282 g/mol. The fourth-order valence-corrected chi connectivity index (χ4v) is 1.82. The molecule has 1 heterocycles. The van der Waals surface area contributed by atoms with Crippen LogP contribution in [-0.2, 0) is 6.54 Å². The van der Waals surface area contributed by atoms with Gasteiger partial charge in [0.05, 0.1) is 6.54 Å². The molecule has 1 aliphatic rings. The Morgan fingerprint density at radius 2 is 2.19 bits per heavy atom. The van der Waals surface area contributed by atoms with Crippen molar-refractivity contribution >= 4 is 11.9 Å². The third-order valence-electron chi connectivity index (χ3n) is 2.94. The van der Waals surface area contributed by atoms with E-state index in [2.05, 4.69) is 22.7 Å². The van der Waals surface area contributed by atoms with Crippen molar-refractivity contribution in [2.75, 3.05) is 0 Å². The molecule has 0 fully saturated rings. The molecule has 0 aromatic heterocycles. The van der Waals surface area contributed by atoms with E-state index in [0.29, 0.717) is 29.9 Å². The molecule has 1 aliphatic heterocycles. The molecule has 106 valence electrons. The minimum atomic E-state index is -0.319. The SMILES string of the molecule is C=C1/N=C\C=C/CC/C(C#N)=N\N1Cc1ccccc1F. The Balaban J connectivity index is 2.31. The van der Waals surface area contributed by atoms with Crippen LogP contribution < -0.4 is 0 Å². The third-order valence-corrected chi connectivity index (χ3v) is 2.94. The van der Waals surface area contributed by atoms with E-state index in [0.717, 1.165) is 0 Å². The van der Waals surface area contributed by atoms with Crippen molar-refractivity contribution in [3.63, 3.8) is 0 Å². The van der Waals surface area contributed by atoms with Gasteiger partial charge in [-0.3, -0.25) is 0 Å². The van der Waals surface area contributed by atoms with Gasteiger partial charge in [-0.1, -0.05) is 30.9 Å². The lowest BCUT2D eigenvalue weighted by Gasteiger charge is -2.19. The zero-order chi connectivity index (χ0) is 15.1. The summed E-state index contributed by atoms with van der Waals surface area (Å²) >= 11 is 0. The average Bonchev–Trinajstić information content (AvgIpc) is 2.50. The van der Waals surface area contributed by atoms with Crippen LogP contribution in [0, 0.1) is 17.1 Å². The maximum atomic E-state index is 13.8. The molecule has 0 N–H and O–H groups in total. The molecule has 0 saturated carbocycles. The van der Waals surface area contributed by atoms with Gasteiger partial charge in [-0.2, -0.15) is 10.4 Å². The number of aliphatic imine (C=N–C) groups is 1. The van der Waals surface area contributed by atoms with Crippen molar-refractivity contribution in [1.82, 2.24) is 5.01 Å². The van der Waals surface area contributed by atoms with Crippen molar-refractivity contribution in [2.45, 2.75) is 19.4 Å². The molecule has 0 atom stereocenters. The first kappa shape index (κ1) is 14.7. The number of rotatable bonds is 2. The molecule has 0 bridgehead atoms. The minimum absolute atomic E-state index is 0.178. The molecule has 0 spiro atoms. The van der Waals surface area contributed by atoms with Gasteiger partial charge in [-0.05, 0) is 18.6 Å². The molecule has 1 aromatic rings. The second kappa shape index (κ2) is 7.15. The fourth-order valence-electron chi connectivity index (χ4n) is 1.82. The fraction of sp³-hybridized carbons (Fsp3) is 0.188. The number of hydrazone groups is 1. The third kappa shape index (κ3) is 4.11. The van der Waals surface area contributed by atoms with Gasteiger partial charge in [0.25, 0.3) is 0 Å². The molecule has 0 aliphatic carbocycles. The summed E-state index contributed by atoms with van der Waals surface area (Å²) in [5, 5.41) is 14.8. The quantitative estimate of drug-likeness (QED) is 0.834. The van der Waals surface area contributed by atoms with Gasteiger partial charge in [0, 0.05) is 18.2 Å². The minimum Gasteiger partial charge on any atom is -0.243 e. The van der Waals surface area contributed by atoms with Crippen LogP contribution in [-0.4, -0.2) is 16.9 Å². The molecule has 2 rings (SSSR count). The largest absolute Gasteiger partial charge is 0.243 e. The van der Waals surface area contributed by atoms with Crippen LogP contribution >= 0.6 is 0 Å². The molecule has 4 nitrogen and oxygen atoms in total. The Labute approximate surface area is 123 Å². The molecule has 5 heteroatoms. The highest BCUT2D eigenvalue weighted by Gasteiger charge is 2.11. The summed E-state index contributed by atoms with van der Waals surface area (Å²) in [6.07, 6.45) is 6.56. The molecule has 0 saturated heterocycles. The molecule has 0 radical (unpaired) electrons. The summed E-state index contributed by atoms with van der Waals surface area (Å²) < 4.78 is 13.8. The van der Waals surface area contributed by atoms with E-state index in [-0.39, 0.29) is 12.4 Å². The first-order chi connectivity index (χ1) is 10.2. The topological polar surface area (TPSA) is 51.8 Å². The number of benzene rings is 1. The van der Waals surface area contributed by atoms with Crippen LogP contribution in [0.3, 0.4) is 0 Å². The Kier molecular flexibility index (Phi) is 4.99.